The van der Waals surface area contributed by atoms with Gasteiger partial charge in [0.15, 0.2) is 0 Å². The second kappa shape index (κ2) is 689. The van der Waals surface area contributed by atoms with Crippen LogP contribution in [0.25, 0.3) is 0 Å². The van der Waals surface area contributed by atoms with Crippen LogP contribution in [0.4, 0.5) is 32.9 Å². The van der Waals surface area contributed by atoms with E-state index in [1.165, 1.54) is 0 Å². The van der Waals surface area contributed by atoms with Gasteiger partial charge < -0.3 is 6.15 Å². The summed E-state index contributed by atoms with van der Waals surface area (Å²) in [6.45, 7) is 0. The molecular weight excluding hydrogens is 147 g/mol. The molecule has 0 aliphatic heterocycles. The van der Waals surface area contributed by atoms with Crippen molar-refractivity contribution >= 4 is 0 Å². The molecule has 0 rings (SSSR count). The molecule has 0 aromatic rings. The predicted molar refractivity (Wildman–Crippen MR) is 22.5 cm³/mol. The van der Waals surface area contributed by atoms with Crippen LogP contribution in [-0.4, -0.2) is 0 Å². The number of rotatable bonds is 0. The predicted octanol–water partition coefficient (Wildman–Crippen LogP) is 1.23. The zero-order chi connectivity index (χ0) is 0. The highest BCUT2D eigenvalue weighted by Crippen LogP contribution is 0.426. The Morgan fingerprint density at radius 3 is 0.250 bits per heavy atom. The fourth-order valence-corrected chi connectivity index (χ4v) is 0. The molecule has 0 spiro atoms. The van der Waals surface area contributed by atoms with Crippen LogP contribution in [0.1, 0.15) is 0 Å². The van der Waals surface area contributed by atoms with Gasteiger partial charge in [-0.3, -0.25) is 32.9 Å². The lowest BCUT2D eigenvalue weighted by molar-refractivity contribution is 1.11. The van der Waals surface area contributed by atoms with Gasteiger partial charge in [0.05, 0.1) is 0 Å². The van der Waals surface area contributed by atoms with Gasteiger partial charge in [0.1, 0.15) is 0 Å². The smallest absolute Gasteiger partial charge is 0.269 e. The first-order valence-corrected chi connectivity index (χ1v) is 0. The van der Waals surface area contributed by atoms with E-state index in [1.807, 2.05) is 0 Å². The lowest BCUT2D eigenvalue weighted by Crippen LogP contribution is -0.481. The Hall–Kier alpha value is -0.530. The Balaban J connectivity index is 0. The molecule has 0 fully saturated rings. The first-order valence-electron chi connectivity index (χ1n) is 0. The molecule has 64 valence electrons. The van der Waals surface area contributed by atoms with Gasteiger partial charge in [-0.15, -0.1) is 0 Å². The summed E-state index contributed by atoms with van der Waals surface area (Å²) in [4.78, 5) is 0. The van der Waals surface area contributed by atoms with Crippen LogP contribution in [0, 0.1) is 0 Å². The molecule has 0 saturated heterocycles. The first-order chi connectivity index (χ1) is 0. The van der Waals surface area contributed by atoms with Crippen LogP contribution in [0.5, 0.6) is 0 Å². The molecule has 0 aliphatic carbocycles. The van der Waals surface area contributed by atoms with E-state index in [0.29, 0.717) is 0 Å². The fraction of sp³-hybridized carbons (Fsp3) is 0. The average Bonchev–Trinajstić information content (AvgIpc) is 0. The van der Waals surface area contributed by atoms with Crippen LogP contribution >= 0.6 is 0 Å². The van der Waals surface area contributed by atoms with Gasteiger partial charge in [0.2, 0.25) is 0 Å². The molecule has 8 heteroatoms. The average molecular weight is 157 g/mol. The van der Waals surface area contributed by atoms with Crippen molar-refractivity contribution in [3.8, 4) is 0 Å². The van der Waals surface area contributed by atoms with Crippen LogP contribution < -0.4 is 6.15 Å². The largest absolute Gasteiger partial charge is 0.344 e. The summed E-state index contributed by atoms with van der Waals surface area (Å²) in [5.41, 5.74) is 0. The maximum Gasteiger partial charge on any atom is -0.269 e. The highest BCUT2D eigenvalue weighted by Gasteiger charge is -0.263. The second-order valence-corrected chi connectivity index (χ2v) is 0. The van der Waals surface area contributed by atoms with Gasteiger partial charge in [-0.2, -0.15) is 0 Å². The molecule has 0 radical (unpaired) electrons. The van der Waals surface area contributed by atoms with Crippen molar-refractivity contribution in [1.29, 1.82) is 0 Å². The molecule has 8 heavy (non-hydrogen) atoms. The summed E-state index contributed by atoms with van der Waals surface area (Å²) >= 11 is 0. The first kappa shape index (κ1) is 1110. The molecule has 0 saturated carbocycles. The van der Waals surface area contributed by atoms with E-state index >= 15 is 0 Å². The Morgan fingerprint density at radius 1 is 0.250 bits per heavy atom. The van der Waals surface area contributed by atoms with Gasteiger partial charge in [0.25, 0.3) is 0 Å². The maximum absolute atomic E-state index is 0. The summed E-state index contributed by atoms with van der Waals surface area (Å²) in [5, 5.41) is 0. The Bertz CT molecular complexity index is 4.35. The Kier molecular flexibility index (Phi) is 95900. The number of halogens is 7. The highest BCUT2D eigenvalue weighted by atomic mass is 19.0. The molecule has 0 aliphatic rings. The molecule has 3 N–H and O–H groups in total. The third kappa shape index (κ3) is 389. The minimum Gasteiger partial charge on any atom is -0.344 e. The Morgan fingerprint density at radius 2 is 0.250 bits per heavy atom. The summed E-state index contributed by atoms with van der Waals surface area (Å²) in [7, 11) is 0. The molecular formula is H10F7N. The third-order valence-electron chi connectivity index (χ3n) is 0. The zero-order valence-electron chi connectivity index (χ0n) is 3.56. The van der Waals surface area contributed by atoms with Crippen molar-refractivity contribution in [3.63, 3.8) is 0 Å². The van der Waals surface area contributed by atoms with E-state index in [2.05, 4.69) is 0 Å². The van der Waals surface area contributed by atoms with Crippen LogP contribution in [-0.2, 0) is 0 Å². The van der Waals surface area contributed by atoms with Gasteiger partial charge in [-0.25, -0.2) is 0 Å². The molecule has 1 nitrogen and oxygen atoms in total. The SMILES string of the molecule is F.F.F.F.F.F.F.N. The topological polar surface area (TPSA) is 35.0 Å². The summed E-state index contributed by atoms with van der Waals surface area (Å²) < 4.78 is 0. The van der Waals surface area contributed by atoms with Gasteiger partial charge >= 0.3 is 0 Å². The minimum absolute atomic E-state index is 0. The molecule has 0 aromatic heterocycles. The van der Waals surface area contributed by atoms with Gasteiger partial charge in [0, 0.05) is 0 Å². The monoisotopic (exact) mass is 157 g/mol. The van der Waals surface area contributed by atoms with Gasteiger partial charge in [-0.05, 0) is 0 Å². The van der Waals surface area contributed by atoms with E-state index in [4.69, 9.17) is 0 Å². The normalized spacial score (nSPS) is 0. The third-order valence-corrected chi connectivity index (χ3v) is 0. The molecule has 0 heterocycles. The second-order valence-electron chi connectivity index (χ2n) is 0. The minimum atomic E-state index is 0. The van der Waals surface area contributed by atoms with E-state index in [0.717, 1.165) is 0 Å². The Labute approximate surface area is 40.6 Å². The lowest BCUT2D eigenvalue weighted by Gasteiger charge is -0.344. The summed E-state index contributed by atoms with van der Waals surface area (Å²) in [6.07, 6.45) is 0. The van der Waals surface area contributed by atoms with Crippen molar-refractivity contribution in [3.05, 3.63) is 0 Å². The van der Waals surface area contributed by atoms with Crippen molar-refractivity contribution in [2.24, 2.45) is 0 Å². The lowest BCUT2D eigenvalue weighted by atomic mass is 14.0. The van der Waals surface area contributed by atoms with Crippen molar-refractivity contribution < 1.29 is 32.9 Å². The highest BCUT2D eigenvalue weighted by molar-refractivity contribution is 2.13. The number of hydrogen-bond donors (Lipinski definition) is 1. The van der Waals surface area contributed by atoms with Crippen molar-refractivity contribution in [2.45, 2.75) is 0 Å². The molecule has 0 aromatic carbocycles. The summed E-state index contributed by atoms with van der Waals surface area (Å²) in [6, 6.07) is 0. The van der Waals surface area contributed by atoms with Crippen LogP contribution in [0.2, 0.25) is 0 Å². The molecule has 0 unspecified atom stereocenters. The molecule has 0 bridgehead atoms. The van der Waals surface area contributed by atoms with E-state index in [1.54, 1.807) is 0 Å². The zero-order valence-corrected chi connectivity index (χ0v) is 3.56. The van der Waals surface area contributed by atoms with Crippen molar-refractivity contribution in [2.75, 3.05) is 0 Å². The molecule has 0 amide bonds. The quantitative estimate of drug-likeness (QED) is 0.527. The van der Waals surface area contributed by atoms with E-state index < -0.39 is 0 Å². The van der Waals surface area contributed by atoms with Crippen LogP contribution in [0.3, 0.4) is 0 Å². The number of hydrogen-bond acceptors (Lipinski definition) is 1. The maximum atomic E-state index is 0. The van der Waals surface area contributed by atoms with E-state index in [9.17, 15) is 0 Å². The van der Waals surface area contributed by atoms with E-state index in [-0.39, 0.29) is 39.1 Å². The standard InChI is InChI=1S/7FH.H3N/h7*1H;1H3. The van der Waals surface area contributed by atoms with Crippen molar-refractivity contribution in [1.82, 2.24) is 6.15 Å². The molecule has 0 atom stereocenters. The van der Waals surface area contributed by atoms with Gasteiger partial charge in [-0.1, -0.05) is 0 Å². The van der Waals surface area contributed by atoms with Crippen LogP contribution in [0.15, 0.2) is 0 Å². The fourth-order valence-electron chi connectivity index (χ4n) is 0. The summed E-state index contributed by atoms with van der Waals surface area (Å²) in [5.74, 6) is 0.